The molecule has 1 aromatic rings. The van der Waals surface area contributed by atoms with Crippen LogP contribution >= 0.6 is 11.9 Å². The lowest BCUT2D eigenvalue weighted by Crippen LogP contribution is -2.77. The molecule has 1 aromatic carbocycles. The molecule has 0 unspecified atom stereocenters. The van der Waals surface area contributed by atoms with Crippen molar-refractivity contribution in [3.05, 3.63) is 17.7 Å². The molecule has 0 aliphatic carbocycles. The number of carboxylic acid groups (broad SMARTS) is 1. The van der Waals surface area contributed by atoms with Crippen molar-refractivity contribution in [3.63, 3.8) is 0 Å². The summed E-state index contributed by atoms with van der Waals surface area (Å²) in [5, 5.41) is 8.91. The number of benzene rings is 1. The topological polar surface area (TPSA) is 75.2 Å². The van der Waals surface area contributed by atoms with Gasteiger partial charge < -0.3 is 9.84 Å². The van der Waals surface area contributed by atoms with Crippen LogP contribution in [0.25, 0.3) is 0 Å². The van der Waals surface area contributed by atoms with E-state index >= 15 is 0 Å². The number of hydrogen-bond acceptors (Lipinski definition) is 4. The number of carbonyl (C=O) groups is 1. The highest BCUT2D eigenvalue weighted by Gasteiger charge is 2.21. The van der Waals surface area contributed by atoms with Crippen molar-refractivity contribution >= 4 is 23.6 Å². The summed E-state index contributed by atoms with van der Waals surface area (Å²) >= 11 is 1.46. The molecule has 0 aromatic heterocycles. The fourth-order valence-electron chi connectivity index (χ4n) is 1.26. The van der Waals surface area contributed by atoms with Gasteiger partial charge in [0.05, 0.1) is 12.0 Å². The standard InChI is InChI=1S/C8H8N2O3S/c1-13-6-3-5-7(14-10-9-5)2-4(6)8(11)12/h2-3,9-10H,1H3,(H,11,12)/p+1. The highest BCUT2D eigenvalue weighted by atomic mass is 32.2. The average Bonchev–Trinajstić information content (AvgIpc) is 2.62. The molecule has 74 valence electrons. The van der Waals surface area contributed by atoms with E-state index in [0.29, 0.717) is 5.75 Å². The second-order valence-electron chi connectivity index (χ2n) is 2.73. The van der Waals surface area contributed by atoms with Gasteiger partial charge in [0, 0.05) is 6.07 Å². The molecule has 0 amide bonds. The number of nitrogens with one attached hydrogen (secondary N) is 1. The minimum Gasteiger partial charge on any atom is -0.496 e. The molecule has 1 heterocycles. The van der Waals surface area contributed by atoms with Crippen molar-refractivity contribution in [2.75, 3.05) is 12.5 Å². The Labute approximate surface area is 84.6 Å². The lowest BCUT2D eigenvalue weighted by atomic mass is 10.2. The predicted octanol–water partition coefficient (Wildman–Crippen LogP) is 0.304. The lowest BCUT2D eigenvalue weighted by Gasteiger charge is -2.05. The van der Waals surface area contributed by atoms with E-state index in [2.05, 4.69) is 5.43 Å². The Morgan fingerprint density at radius 1 is 1.64 bits per heavy atom. The van der Waals surface area contributed by atoms with Gasteiger partial charge in [-0.2, -0.15) is 4.83 Å². The fraction of sp³-hybridized carbons (Fsp3) is 0.125. The van der Waals surface area contributed by atoms with Crippen molar-refractivity contribution in [2.45, 2.75) is 4.90 Å². The van der Waals surface area contributed by atoms with E-state index in [1.54, 1.807) is 17.0 Å². The lowest BCUT2D eigenvalue weighted by molar-refractivity contribution is -0.438. The minimum atomic E-state index is -0.975. The van der Waals surface area contributed by atoms with Gasteiger partial charge in [-0.15, -0.1) is 0 Å². The number of rotatable bonds is 2. The van der Waals surface area contributed by atoms with Crippen LogP contribution in [0, 0.1) is 0 Å². The van der Waals surface area contributed by atoms with Crippen LogP contribution in [0.15, 0.2) is 17.0 Å². The average molecular weight is 213 g/mol. The van der Waals surface area contributed by atoms with Gasteiger partial charge in [-0.25, -0.2) is 10.2 Å². The quantitative estimate of drug-likeness (QED) is 0.487. The minimum absolute atomic E-state index is 0.191. The van der Waals surface area contributed by atoms with Crippen LogP contribution in [0.3, 0.4) is 0 Å². The zero-order valence-electron chi connectivity index (χ0n) is 7.40. The molecule has 1 aliphatic heterocycles. The molecule has 0 fully saturated rings. The van der Waals surface area contributed by atoms with Crippen LogP contribution in [-0.2, 0) is 0 Å². The van der Waals surface area contributed by atoms with E-state index in [1.807, 2.05) is 0 Å². The van der Waals surface area contributed by atoms with E-state index in [1.165, 1.54) is 19.1 Å². The molecule has 0 saturated heterocycles. The second-order valence-corrected chi connectivity index (χ2v) is 3.65. The summed E-state index contributed by atoms with van der Waals surface area (Å²) < 4.78 is 4.99. The monoisotopic (exact) mass is 213 g/mol. The van der Waals surface area contributed by atoms with Crippen LogP contribution in [0.1, 0.15) is 10.4 Å². The van der Waals surface area contributed by atoms with Crippen LogP contribution in [0.2, 0.25) is 0 Å². The Kier molecular flexibility index (Phi) is 2.22. The van der Waals surface area contributed by atoms with Crippen molar-refractivity contribution in [2.24, 2.45) is 0 Å². The number of anilines is 1. The molecule has 0 spiro atoms. The van der Waals surface area contributed by atoms with Gasteiger partial charge in [0.15, 0.2) is 0 Å². The number of aromatic carboxylic acids is 1. The Balaban J connectivity index is 2.54. The maximum Gasteiger partial charge on any atom is 0.339 e. The first-order chi connectivity index (χ1) is 6.72. The number of nitrogens with two attached hydrogens (primary N) is 1. The first-order valence-corrected chi connectivity index (χ1v) is 4.80. The number of nitrogen functional groups attached to an aromatic ring is 1. The van der Waals surface area contributed by atoms with E-state index in [-0.39, 0.29) is 5.56 Å². The number of fused-ring (bicyclic) bond motifs is 1. The normalized spacial score (nSPS) is 13.2. The van der Waals surface area contributed by atoms with Crippen LogP contribution in [-0.4, -0.2) is 18.2 Å². The summed E-state index contributed by atoms with van der Waals surface area (Å²) in [6.45, 7) is 0. The molecular weight excluding hydrogens is 204 g/mol. The van der Waals surface area contributed by atoms with Gasteiger partial charge in [-0.3, -0.25) is 0 Å². The summed E-state index contributed by atoms with van der Waals surface area (Å²) in [6, 6.07) is 3.30. The number of carboxylic acids is 1. The number of hydrogen-bond donors (Lipinski definition) is 3. The maximum atomic E-state index is 10.9. The first-order valence-electron chi connectivity index (χ1n) is 3.92. The highest BCUT2D eigenvalue weighted by Crippen LogP contribution is 2.33. The predicted molar refractivity (Wildman–Crippen MR) is 51.4 cm³/mol. The van der Waals surface area contributed by atoms with E-state index in [4.69, 9.17) is 9.84 Å². The molecule has 5 nitrogen and oxygen atoms in total. The third-order valence-corrected chi connectivity index (χ3v) is 2.76. The molecular formula is C8H9N2O3S+. The van der Waals surface area contributed by atoms with Crippen molar-refractivity contribution in [1.82, 2.24) is 0 Å². The van der Waals surface area contributed by atoms with Crippen LogP contribution in [0.4, 0.5) is 5.69 Å². The molecule has 6 heteroatoms. The Hall–Kier alpha value is -1.40. The van der Waals surface area contributed by atoms with E-state index in [0.717, 1.165) is 10.6 Å². The number of ether oxygens (including phenoxy) is 1. The SMILES string of the molecule is COc1cc2c(cc1C(=O)O)S[NH2+]N2. The summed E-state index contributed by atoms with van der Waals surface area (Å²) in [5.74, 6) is -0.600. The van der Waals surface area contributed by atoms with Crippen LogP contribution in [0.5, 0.6) is 5.75 Å². The Morgan fingerprint density at radius 2 is 2.43 bits per heavy atom. The summed E-state index contributed by atoms with van der Waals surface area (Å²) in [4.78, 5) is 13.6. The molecule has 0 radical (unpaired) electrons. The molecule has 14 heavy (non-hydrogen) atoms. The zero-order chi connectivity index (χ0) is 10.1. The Morgan fingerprint density at radius 3 is 3.07 bits per heavy atom. The molecule has 0 atom stereocenters. The van der Waals surface area contributed by atoms with Gasteiger partial charge in [0.1, 0.15) is 28.9 Å². The maximum absolute atomic E-state index is 10.9. The Bertz CT molecular complexity index is 394. The summed E-state index contributed by atoms with van der Waals surface area (Å²) in [5.41, 5.74) is 4.08. The van der Waals surface area contributed by atoms with Gasteiger partial charge in [0.2, 0.25) is 0 Å². The largest absolute Gasteiger partial charge is 0.496 e. The summed E-state index contributed by atoms with van der Waals surface area (Å²) in [7, 11) is 1.46. The fourth-order valence-corrected chi connectivity index (χ4v) is 2.01. The number of quaternary nitrogens is 1. The smallest absolute Gasteiger partial charge is 0.339 e. The van der Waals surface area contributed by atoms with Crippen LogP contribution < -0.4 is 15.0 Å². The molecule has 0 bridgehead atoms. The van der Waals surface area contributed by atoms with Gasteiger partial charge >= 0.3 is 5.97 Å². The molecule has 0 saturated carbocycles. The van der Waals surface area contributed by atoms with E-state index < -0.39 is 5.97 Å². The second kappa shape index (κ2) is 3.39. The van der Waals surface area contributed by atoms with E-state index in [9.17, 15) is 4.79 Å². The molecule has 1 aliphatic rings. The molecule has 4 N–H and O–H groups in total. The zero-order valence-corrected chi connectivity index (χ0v) is 8.22. The van der Waals surface area contributed by atoms with Crippen molar-refractivity contribution in [3.8, 4) is 5.75 Å². The summed E-state index contributed by atoms with van der Waals surface area (Å²) in [6.07, 6.45) is 0. The first kappa shape index (κ1) is 9.17. The van der Waals surface area contributed by atoms with Crippen molar-refractivity contribution < 1.29 is 19.5 Å². The van der Waals surface area contributed by atoms with Crippen molar-refractivity contribution in [1.29, 1.82) is 0 Å². The molecule has 2 rings (SSSR count). The third-order valence-electron chi connectivity index (χ3n) is 1.93. The highest BCUT2D eigenvalue weighted by molar-refractivity contribution is 7.93. The van der Waals surface area contributed by atoms with Gasteiger partial charge in [0.25, 0.3) is 0 Å². The number of methoxy groups -OCH3 is 1. The third kappa shape index (κ3) is 1.38. The van der Waals surface area contributed by atoms with Gasteiger partial charge in [-0.05, 0) is 6.07 Å². The van der Waals surface area contributed by atoms with Gasteiger partial charge in [-0.1, -0.05) is 0 Å².